The van der Waals surface area contributed by atoms with E-state index in [0.29, 0.717) is 31.7 Å². The monoisotopic (exact) mass is 357 g/mol. The van der Waals surface area contributed by atoms with E-state index in [2.05, 4.69) is 10.3 Å². The van der Waals surface area contributed by atoms with Crippen molar-refractivity contribution >= 4 is 23.0 Å². The molecule has 3 amide bonds. The highest BCUT2D eigenvalue weighted by Gasteiger charge is 2.26. The summed E-state index contributed by atoms with van der Waals surface area (Å²) in [4.78, 5) is 33.1. The molecule has 26 heavy (non-hydrogen) atoms. The third-order valence-electron chi connectivity index (χ3n) is 4.69. The fraction of sp³-hybridized carbons (Fsp3) is 0.526. The van der Waals surface area contributed by atoms with Crippen molar-refractivity contribution in [3.05, 3.63) is 29.6 Å². The molecule has 140 valence electrons. The Balaban J connectivity index is 1.66. The number of piperazine rings is 1. The highest BCUT2D eigenvalue weighted by Crippen LogP contribution is 2.18. The molecule has 0 atom stereocenters. The number of nitrogens with one attached hydrogen (secondary N) is 1. The van der Waals surface area contributed by atoms with Crippen LogP contribution in [0.3, 0.4) is 0 Å². The normalized spacial score (nSPS) is 15.4. The fourth-order valence-electron chi connectivity index (χ4n) is 3.15. The van der Waals surface area contributed by atoms with Crippen molar-refractivity contribution in [1.29, 1.82) is 0 Å². The largest absolute Gasteiger partial charge is 0.335 e. The number of hydrogen-bond acceptors (Lipinski definition) is 3. The standard InChI is InChI=1S/C19H27N5O2/c1-13-20-15-12-14(6-7-16(15)22(13)5)17(25)23-8-10-24(11-9-23)18(26)21-19(2,3)4/h6-7,12H,8-11H2,1-5H3,(H,21,26). The zero-order valence-corrected chi connectivity index (χ0v) is 16.2. The number of rotatable bonds is 1. The number of nitrogens with zero attached hydrogens (tertiary/aromatic N) is 4. The first-order chi connectivity index (χ1) is 12.2. The van der Waals surface area contributed by atoms with Crippen molar-refractivity contribution in [2.75, 3.05) is 26.2 Å². The Bertz CT molecular complexity index is 841. The number of benzene rings is 1. The molecule has 0 spiro atoms. The molecule has 3 rings (SSSR count). The Morgan fingerprint density at radius 1 is 1.08 bits per heavy atom. The van der Waals surface area contributed by atoms with Crippen LogP contribution in [0.25, 0.3) is 11.0 Å². The zero-order chi connectivity index (χ0) is 19.1. The lowest BCUT2D eigenvalue weighted by atomic mass is 10.1. The van der Waals surface area contributed by atoms with Gasteiger partial charge in [0.1, 0.15) is 5.82 Å². The third-order valence-corrected chi connectivity index (χ3v) is 4.69. The van der Waals surface area contributed by atoms with Crippen molar-refractivity contribution < 1.29 is 9.59 Å². The van der Waals surface area contributed by atoms with Crippen molar-refractivity contribution in [3.63, 3.8) is 0 Å². The van der Waals surface area contributed by atoms with E-state index in [-0.39, 0.29) is 17.5 Å². The summed E-state index contributed by atoms with van der Waals surface area (Å²) in [6, 6.07) is 5.57. The third kappa shape index (κ3) is 3.66. The Labute approximate surface area is 154 Å². The molecule has 2 heterocycles. The summed E-state index contributed by atoms with van der Waals surface area (Å²) in [5.41, 5.74) is 2.23. The first-order valence-corrected chi connectivity index (χ1v) is 8.95. The fourth-order valence-corrected chi connectivity index (χ4v) is 3.15. The lowest BCUT2D eigenvalue weighted by Crippen LogP contribution is -2.56. The lowest BCUT2D eigenvalue weighted by Gasteiger charge is -2.36. The van der Waals surface area contributed by atoms with E-state index in [1.54, 1.807) is 9.80 Å². The van der Waals surface area contributed by atoms with Gasteiger partial charge in [0.2, 0.25) is 0 Å². The maximum Gasteiger partial charge on any atom is 0.317 e. The van der Waals surface area contributed by atoms with Gasteiger partial charge in [-0.3, -0.25) is 4.79 Å². The van der Waals surface area contributed by atoms with Crippen molar-refractivity contribution in [3.8, 4) is 0 Å². The van der Waals surface area contributed by atoms with Gasteiger partial charge in [0.25, 0.3) is 5.91 Å². The second-order valence-corrected chi connectivity index (χ2v) is 7.88. The molecular formula is C19H27N5O2. The van der Waals surface area contributed by atoms with Crippen LogP contribution in [0.5, 0.6) is 0 Å². The number of aromatic nitrogens is 2. The molecule has 2 aromatic rings. The van der Waals surface area contributed by atoms with Crippen LogP contribution in [0, 0.1) is 6.92 Å². The Morgan fingerprint density at radius 2 is 1.69 bits per heavy atom. The average Bonchev–Trinajstić information content (AvgIpc) is 2.86. The predicted molar refractivity (Wildman–Crippen MR) is 101 cm³/mol. The summed E-state index contributed by atoms with van der Waals surface area (Å²) in [5, 5.41) is 2.97. The van der Waals surface area contributed by atoms with Crippen LogP contribution in [0.1, 0.15) is 37.0 Å². The van der Waals surface area contributed by atoms with E-state index in [1.807, 2.05) is 57.5 Å². The van der Waals surface area contributed by atoms with Crippen LogP contribution in [-0.4, -0.2) is 63.0 Å². The molecular weight excluding hydrogens is 330 g/mol. The van der Waals surface area contributed by atoms with Gasteiger partial charge in [0, 0.05) is 44.3 Å². The summed E-state index contributed by atoms with van der Waals surface area (Å²) in [6.07, 6.45) is 0. The second-order valence-electron chi connectivity index (χ2n) is 7.88. The number of fused-ring (bicyclic) bond motifs is 1. The number of carbonyl (C=O) groups is 2. The van der Waals surface area contributed by atoms with Gasteiger partial charge >= 0.3 is 6.03 Å². The number of urea groups is 1. The molecule has 1 aromatic heterocycles. The van der Waals surface area contributed by atoms with E-state index in [4.69, 9.17) is 0 Å². The van der Waals surface area contributed by atoms with E-state index >= 15 is 0 Å². The molecule has 0 radical (unpaired) electrons. The molecule has 1 aliphatic rings. The van der Waals surface area contributed by atoms with E-state index in [0.717, 1.165) is 16.9 Å². The number of hydrogen-bond donors (Lipinski definition) is 1. The first kappa shape index (κ1) is 18.2. The van der Waals surface area contributed by atoms with Crippen LogP contribution >= 0.6 is 0 Å². The second kappa shape index (κ2) is 6.63. The Hall–Kier alpha value is -2.57. The van der Waals surface area contributed by atoms with Gasteiger partial charge in [0.15, 0.2) is 0 Å². The zero-order valence-electron chi connectivity index (χ0n) is 16.2. The van der Waals surface area contributed by atoms with Crippen molar-refractivity contribution in [2.45, 2.75) is 33.2 Å². The predicted octanol–water partition coefficient (Wildman–Crippen LogP) is 2.15. The lowest BCUT2D eigenvalue weighted by molar-refractivity contribution is 0.0661. The smallest absolute Gasteiger partial charge is 0.317 e. The van der Waals surface area contributed by atoms with Crippen molar-refractivity contribution in [2.24, 2.45) is 7.05 Å². The van der Waals surface area contributed by atoms with E-state index in [1.165, 1.54) is 0 Å². The van der Waals surface area contributed by atoms with Gasteiger partial charge in [-0.25, -0.2) is 9.78 Å². The molecule has 1 aliphatic heterocycles. The summed E-state index contributed by atoms with van der Waals surface area (Å²) in [6.45, 7) is 9.98. The quantitative estimate of drug-likeness (QED) is 0.850. The van der Waals surface area contributed by atoms with Gasteiger partial charge in [-0.1, -0.05) is 0 Å². The molecule has 0 saturated carbocycles. The molecule has 7 nitrogen and oxygen atoms in total. The highest BCUT2D eigenvalue weighted by atomic mass is 16.2. The summed E-state index contributed by atoms with van der Waals surface area (Å²) in [5.74, 6) is 0.911. The SMILES string of the molecule is Cc1nc2cc(C(=O)N3CCN(C(=O)NC(C)(C)C)CC3)ccc2n1C. The Morgan fingerprint density at radius 3 is 2.31 bits per heavy atom. The molecule has 1 N–H and O–H groups in total. The maximum absolute atomic E-state index is 12.8. The molecule has 1 fully saturated rings. The van der Waals surface area contributed by atoms with E-state index < -0.39 is 0 Å². The van der Waals surface area contributed by atoms with Gasteiger partial charge < -0.3 is 19.7 Å². The molecule has 0 unspecified atom stereocenters. The Kier molecular flexibility index (Phi) is 4.64. The summed E-state index contributed by atoms with van der Waals surface area (Å²) < 4.78 is 2.01. The summed E-state index contributed by atoms with van der Waals surface area (Å²) >= 11 is 0. The van der Waals surface area contributed by atoms with Crippen LogP contribution in [0.2, 0.25) is 0 Å². The van der Waals surface area contributed by atoms with Gasteiger partial charge in [0.05, 0.1) is 11.0 Å². The minimum Gasteiger partial charge on any atom is -0.335 e. The number of imidazole rings is 1. The van der Waals surface area contributed by atoms with Crippen LogP contribution < -0.4 is 5.32 Å². The molecule has 1 saturated heterocycles. The van der Waals surface area contributed by atoms with Gasteiger partial charge in [-0.15, -0.1) is 0 Å². The molecule has 0 aliphatic carbocycles. The average molecular weight is 357 g/mol. The topological polar surface area (TPSA) is 70.5 Å². The molecule has 7 heteroatoms. The minimum atomic E-state index is -0.264. The highest BCUT2D eigenvalue weighted by molar-refractivity contribution is 5.97. The summed E-state index contributed by atoms with van der Waals surface area (Å²) in [7, 11) is 1.97. The van der Waals surface area contributed by atoms with E-state index in [9.17, 15) is 9.59 Å². The van der Waals surface area contributed by atoms with Gasteiger partial charge in [-0.2, -0.15) is 0 Å². The van der Waals surface area contributed by atoms with Crippen LogP contribution in [0.15, 0.2) is 18.2 Å². The number of carbonyl (C=O) groups excluding carboxylic acids is 2. The minimum absolute atomic E-state index is 0.00825. The van der Waals surface area contributed by atoms with Crippen molar-refractivity contribution in [1.82, 2.24) is 24.7 Å². The first-order valence-electron chi connectivity index (χ1n) is 8.95. The molecule has 0 bridgehead atoms. The number of amides is 3. The van der Waals surface area contributed by atoms with Crippen LogP contribution in [0.4, 0.5) is 4.79 Å². The van der Waals surface area contributed by atoms with Gasteiger partial charge in [-0.05, 0) is 45.9 Å². The van der Waals surface area contributed by atoms with Crippen LogP contribution in [-0.2, 0) is 7.05 Å². The molecule has 1 aromatic carbocycles. The maximum atomic E-state index is 12.8. The number of aryl methyl sites for hydroxylation is 2.